The molecule has 1 atom stereocenters. The van der Waals surface area contributed by atoms with Crippen LogP contribution in [0.5, 0.6) is 11.5 Å². The van der Waals surface area contributed by atoms with Gasteiger partial charge in [-0.25, -0.2) is 0 Å². The van der Waals surface area contributed by atoms with E-state index in [1.807, 2.05) is 56.3 Å². The molecule has 2 aromatic carbocycles. The molecular weight excluding hydrogens is 252 g/mol. The molecule has 3 heteroatoms. The predicted molar refractivity (Wildman–Crippen MR) is 79.4 cm³/mol. The van der Waals surface area contributed by atoms with Crippen molar-refractivity contribution in [1.82, 2.24) is 0 Å². The molecule has 1 N–H and O–H groups in total. The first-order valence-corrected chi connectivity index (χ1v) is 6.63. The van der Waals surface area contributed by atoms with Gasteiger partial charge in [0.2, 0.25) is 0 Å². The highest BCUT2D eigenvalue weighted by Gasteiger charge is 2.13. The molecule has 2 rings (SSSR count). The SMILES string of the molecule is COc1ccccc1OCC(O)c1cc(C)ccc1C. The molecule has 2 aromatic rings. The van der Waals surface area contributed by atoms with E-state index in [4.69, 9.17) is 9.47 Å². The third-order valence-electron chi connectivity index (χ3n) is 3.26. The van der Waals surface area contributed by atoms with Crippen molar-refractivity contribution < 1.29 is 14.6 Å². The number of methoxy groups -OCH3 is 1. The van der Waals surface area contributed by atoms with E-state index >= 15 is 0 Å². The third-order valence-corrected chi connectivity index (χ3v) is 3.26. The van der Waals surface area contributed by atoms with Crippen molar-refractivity contribution in [3.05, 3.63) is 59.2 Å². The molecule has 1 unspecified atom stereocenters. The lowest BCUT2D eigenvalue weighted by molar-refractivity contribution is 0.106. The van der Waals surface area contributed by atoms with Gasteiger partial charge in [0.25, 0.3) is 0 Å². The van der Waals surface area contributed by atoms with Gasteiger partial charge in [-0.3, -0.25) is 0 Å². The molecule has 0 amide bonds. The Kier molecular flexibility index (Phi) is 4.64. The Balaban J connectivity index is 2.08. The summed E-state index contributed by atoms with van der Waals surface area (Å²) < 4.78 is 10.9. The van der Waals surface area contributed by atoms with Crippen molar-refractivity contribution >= 4 is 0 Å². The van der Waals surface area contributed by atoms with Gasteiger partial charge >= 0.3 is 0 Å². The number of aryl methyl sites for hydroxylation is 2. The van der Waals surface area contributed by atoms with Crippen molar-refractivity contribution in [2.75, 3.05) is 13.7 Å². The fourth-order valence-corrected chi connectivity index (χ4v) is 2.12. The zero-order chi connectivity index (χ0) is 14.5. The summed E-state index contributed by atoms with van der Waals surface area (Å²) in [6.45, 7) is 4.20. The Morgan fingerprint density at radius 2 is 1.75 bits per heavy atom. The van der Waals surface area contributed by atoms with Crippen molar-refractivity contribution in [2.45, 2.75) is 20.0 Å². The second-order valence-electron chi connectivity index (χ2n) is 4.84. The van der Waals surface area contributed by atoms with E-state index in [0.29, 0.717) is 11.5 Å². The van der Waals surface area contributed by atoms with Crippen LogP contribution in [-0.2, 0) is 0 Å². The topological polar surface area (TPSA) is 38.7 Å². The summed E-state index contributed by atoms with van der Waals surface area (Å²) in [4.78, 5) is 0. The van der Waals surface area contributed by atoms with Crippen LogP contribution in [0.2, 0.25) is 0 Å². The Bertz CT molecular complexity index is 578. The molecular formula is C17H20O3. The first kappa shape index (κ1) is 14.4. The number of aliphatic hydroxyl groups is 1. The van der Waals surface area contributed by atoms with E-state index in [0.717, 1.165) is 16.7 Å². The maximum absolute atomic E-state index is 10.3. The van der Waals surface area contributed by atoms with Crippen molar-refractivity contribution in [2.24, 2.45) is 0 Å². The minimum atomic E-state index is -0.653. The summed E-state index contributed by atoms with van der Waals surface area (Å²) >= 11 is 0. The van der Waals surface area contributed by atoms with Gasteiger partial charge in [-0.2, -0.15) is 0 Å². The number of ether oxygens (including phenoxy) is 2. The lowest BCUT2D eigenvalue weighted by Gasteiger charge is -2.16. The van der Waals surface area contributed by atoms with Gasteiger partial charge in [0.05, 0.1) is 7.11 Å². The molecule has 0 aromatic heterocycles. The van der Waals surface area contributed by atoms with Crippen molar-refractivity contribution in [1.29, 1.82) is 0 Å². The summed E-state index contributed by atoms with van der Waals surface area (Å²) in [5.74, 6) is 1.31. The van der Waals surface area contributed by atoms with E-state index in [2.05, 4.69) is 0 Å². The van der Waals surface area contributed by atoms with E-state index in [9.17, 15) is 5.11 Å². The molecule has 0 radical (unpaired) electrons. The number of hydrogen-bond acceptors (Lipinski definition) is 3. The van der Waals surface area contributed by atoms with E-state index < -0.39 is 6.10 Å². The fraction of sp³-hybridized carbons (Fsp3) is 0.294. The minimum Gasteiger partial charge on any atom is -0.493 e. The molecule has 0 aliphatic carbocycles. The van der Waals surface area contributed by atoms with Gasteiger partial charge in [0.15, 0.2) is 11.5 Å². The first-order valence-electron chi connectivity index (χ1n) is 6.63. The highest BCUT2D eigenvalue weighted by atomic mass is 16.5. The number of aliphatic hydroxyl groups excluding tert-OH is 1. The number of hydrogen-bond donors (Lipinski definition) is 1. The van der Waals surface area contributed by atoms with Crippen LogP contribution in [0.4, 0.5) is 0 Å². The Hall–Kier alpha value is -2.00. The summed E-state index contributed by atoms with van der Waals surface area (Å²) in [7, 11) is 1.60. The fourth-order valence-electron chi connectivity index (χ4n) is 2.12. The quantitative estimate of drug-likeness (QED) is 0.906. The maximum Gasteiger partial charge on any atom is 0.161 e. The number of para-hydroxylation sites is 2. The van der Waals surface area contributed by atoms with E-state index in [1.54, 1.807) is 7.11 Å². The van der Waals surface area contributed by atoms with Crippen LogP contribution in [0.1, 0.15) is 22.8 Å². The molecule has 0 saturated heterocycles. The van der Waals surface area contributed by atoms with Crippen LogP contribution in [-0.4, -0.2) is 18.8 Å². The first-order chi connectivity index (χ1) is 9.61. The summed E-state index contributed by atoms with van der Waals surface area (Å²) in [5, 5.41) is 10.3. The minimum absolute atomic E-state index is 0.199. The van der Waals surface area contributed by atoms with Crippen LogP contribution in [0, 0.1) is 13.8 Å². The van der Waals surface area contributed by atoms with E-state index in [-0.39, 0.29) is 6.61 Å². The second-order valence-corrected chi connectivity index (χ2v) is 4.84. The molecule has 3 nitrogen and oxygen atoms in total. The predicted octanol–water partition coefficient (Wildman–Crippen LogP) is 3.42. The lowest BCUT2D eigenvalue weighted by Crippen LogP contribution is -2.11. The normalized spacial score (nSPS) is 12.0. The summed E-state index contributed by atoms with van der Waals surface area (Å²) in [6, 6.07) is 13.5. The zero-order valence-electron chi connectivity index (χ0n) is 12.1. The average molecular weight is 272 g/mol. The highest BCUT2D eigenvalue weighted by Crippen LogP contribution is 2.27. The molecule has 0 aliphatic rings. The third kappa shape index (κ3) is 3.31. The molecule has 0 bridgehead atoms. The van der Waals surface area contributed by atoms with Crippen LogP contribution in [0.3, 0.4) is 0 Å². The van der Waals surface area contributed by atoms with Gasteiger partial charge < -0.3 is 14.6 Å². The van der Waals surface area contributed by atoms with Crippen molar-refractivity contribution in [3.8, 4) is 11.5 Å². The van der Waals surface area contributed by atoms with Gasteiger partial charge in [-0.1, -0.05) is 35.9 Å². The van der Waals surface area contributed by atoms with Crippen molar-refractivity contribution in [3.63, 3.8) is 0 Å². The molecule has 20 heavy (non-hydrogen) atoms. The van der Waals surface area contributed by atoms with Gasteiger partial charge in [0, 0.05) is 0 Å². The smallest absolute Gasteiger partial charge is 0.161 e. The number of rotatable bonds is 5. The Labute approximate surface area is 119 Å². The average Bonchev–Trinajstić information content (AvgIpc) is 2.47. The monoisotopic (exact) mass is 272 g/mol. The Morgan fingerprint density at radius 1 is 1.05 bits per heavy atom. The molecule has 0 heterocycles. The zero-order valence-corrected chi connectivity index (χ0v) is 12.1. The summed E-state index contributed by atoms with van der Waals surface area (Å²) in [5.41, 5.74) is 3.09. The summed E-state index contributed by atoms with van der Waals surface area (Å²) in [6.07, 6.45) is -0.653. The molecule has 0 spiro atoms. The van der Waals surface area contributed by atoms with Gasteiger partial charge in [0.1, 0.15) is 12.7 Å². The number of benzene rings is 2. The maximum atomic E-state index is 10.3. The molecule has 0 fully saturated rings. The van der Waals surface area contributed by atoms with Crippen LogP contribution < -0.4 is 9.47 Å². The van der Waals surface area contributed by atoms with Crippen LogP contribution in [0.25, 0.3) is 0 Å². The van der Waals surface area contributed by atoms with Gasteiger partial charge in [-0.05, 0) is 37.1 Å². The van der Waals surface area contributed by atoms with Crippen LogP contribution in [0.15, 0.2) is 42.5 Å². The highest BCUT2D eigenvalue weighted by molar-refractivity contribution is 5.39. The lowest BCUT2D eigenvalue weighted by atomic mass is 10.0. The second kappa shape index (κ2) is 6.44. The largest absolute Gasteiger partial charge is 0.493 e. The van der Waals surface area contributed by atoms with Gasteiger partial charge in [-0.15, -0.1) is 0 Å². The van der Waals surface area contributed by atoms with Crippen LogP contribution >= 0.6 is 0 Å². The Morgan fingerprint density at radius 3 is 2.45 bits per heavy atom. The van der Waals surface area contributed by atoms with E-state index in [1.165, 1.54) is 0 Å². The molecule has 106 valence electrons. The standard InChI is InChI=1S/C17H20O3/c1-12-8-9-13(2)14(10-12)15(18)11-20-17-7-5-4-6-16(17)19-3/h4-10,15,18H,11H2,1-3H3. The molecule has 0 aliphatic heterocycles. The molecule has 0 saturated carbocycles.